The number of carbonyl (C=O) groups is 1. The van der Waals surface area contributed by atoms with Crippen LogP contribution < -0.4 is 0 Å². The van der Waals surface area contributed by atoms with Crippen LogP contribution in [0, 0.1) is 10.5 Å². The zero-order chi connectivity index (χ0) is 12.3. The number of rotatable bonds is 3. The van der Waals surface area contributed by atoms with Crippen LogP contribution >= 0.6 is 22.6 Å². The highest BCUT2D eigenvalue weighted by molar-refractivity contribution is 14.1. The summed E-state index contributed by atoms with van der Waals surface area (Å²) in [6.45, 7) is 1.71. The van der Waals surface area contributed by atoms with Crippen LogP contribution in [0.15, 0.2) is 6.20 Å². The average Bonchev–Trinajstić information content (AvgIpc) is 2.24. The lowest BCUT2D eigenvalue weighted by molar-refractivity contribution is -0.139. The summed E-state index contributed by atoms with van der Waals surface area (Å²) in [4.78, 5) is 15.0. The molecule has 3 nitrogen and oxygen atoms in total. The first-order valence-electron chi connectivity index (χ1n) is 4.46. The topological polar surface area (TPSA) is 39.2 Å². The molecule has 0 atom stereocenters. The standard InChI is InChI=1S/C10H10F2INO2/c1-5-9(13)6(3-8(15)16-2)7(4-14-5)10(11)12/h4,10H,3H2,1-2H3. The molecule has 0 aliphatic carbocycles. The Morgan fingerprint density at radius 2 is 2.25 bits per heavy atom. The zero-order valence-electron chi connectivity index (χ0n) is 8.76. The molecule has 1 aromatic rings. The quantitative estimate of drug-likeness (QED) is 0.627. The van der Waals surface area contributed by atoms with Crippen molar-refractivity contribution in [1.82, 2.24) is 4.98 Å². The Labute approximate surface area is 105 Å². The van der Waals surface area contributed by atoms with Gasteiger partial charge in [-0.1, -0.05) is 0 Å². The molecule has 0 fully saturated rings. The number of alkyl halides is 2. The molecule has 1 heterocycles. The van der Waals surface area contributed by atoms with Crippen molar-refractivity contribution in [3.8, 4) is 0 Å². The van der Waals surface area contributed by atoms with Gasteiger partial charge in [0.2, 0.25) is 0 Å². The number of esters is 1. The maximum Gasteiger partial charge on any atom is 0.310 e. The molecular weight excluding hydrogens is 331 g/mol. The van der Waals surface area contributed by atoms with E-state index in [9.17, 15) is 13.6 Å². The van der Waals surface area contributed by atoms with Crippen molar-refractivity contribution < 1.29 is 18.3 Å². The molecule has 0 spiro atoms. The van der Waals surface area contributed by atoms with E-state index in [-0.39, 0.29) is 12.0 Å². The van der Waals surface area contributed by atoms with Crippen molar-refractivity contribution in [2.75, 3.05) is 7.11 Å². The van der Waals surface area contributed by atoms with Crippen molar-refractivity contribution >= 4 is 28.6 Å². The average molecular weight is 341 g/mol. The molecular formula is C10H10F2INO2. The molecule has 16 heavy (non-hydrogen) atoms. The molecule has 6 heteroatoms. The second kappa shape index (κ2) is 5.51. The van der Waals surface area contributed by atoms with Crippen LogP contribution in [0.2, 0.25) is 0 Å². The first-order chi connectivity index (χ1) is 7.47. The van der Waals surface area contributed by atoms with Gasteiger partial charge in [-0.3, -0.25) is 9.78 Å². The number of hydrogen-bond acceptors (Lipinski definition) is 3. The third-order valence-electron chi connectivity index (χ3n) is 2.11. The van der Waals surface area contributed by atoms with Gasteiger partial charge in [0.25, 0.3) is 6.43 Å². The SMILES string of the molecule is COC(=O)Cc1c(C(F)F)cnc(C)c1I. The van der Waals surface area contributed by atoms with Gasteiger partial charge in [0.05, 0.1) is 19.2 Å². The number of nitrogens with zero attached hydrogens (tertiary/aromatic N) is 1. The van der Waals surface area contributed by atoms with Gasteiger partial charge in [-0.2, -0.15) is 0 Å². The maximum atomic E-state index is 12.7. The van der Waals surface area contributed by atoms with E-state index in [0.717, 1.165) is 6.20 Å². The van der Waals surface area contributed by atoms with Crippen LogP contribution in [-0.4, -0.2) is 18.1 Å². The lowest BCUT2D eigenvalue weighted by Gasteiger charge is -2.11. The predicted molar refractivity (Wildman–Crippen MR) is 62.4 cm³/mol. The summed E-state index contributed by atoms with van der Waals surface area (Å²) in [6, 6.07) is 0. The molecule has 0 unspecified atom stereocenters. The second-order valence-corrected chi connectivity index (χ2v) is 4.22. The van der Waals surface area contributed by atoms with Crippen molar-refractivity contribution in [3.05, 3.63) is 26.6 Å². The summed E-state index contributed by atoms with van der Waals surface area (Å²) in [5.41, 5.74) is 0.722. The Kier molecular flexibility index (Phi) is 4.57. The summed E-state index contributed by atoms with van der Waals surface area (Å²) in [6.07, 6.45) is -1.68. The van der Waals surface area contributed by atoms with E-state index in [4.69, 9.17) is 0 Å². The fourth-order valence-electron chi connectivity index (χ4n) is 1.23. The van der Waals surface area contributed by atoms with Crippen LogP contribution in [-0.2, 0) is 16.0 Å². The molecule has 0 aliphatic rings. The molecule has 88 valence electrons. The van der Waals surface area contributed by atoms with Crippen LogP contribution in [0.3, 0.4) is 0 Å². The number of carbonyl (C=O) groups excluding carboxylic acids is 1. The number of pyridine rings is 1. The molecule has 0 saturated heterocycles. The minimum Gasteiger partial charge on any atom is -0.469 e. The van der Waals surface area contributed by atoms with E-state index >= 15 is 0 Å². The molecule has 0 N–H and O–H groups in total. The number of halogens is 3. The highest BCUT2D eigenvalue weighted by Gasteiger charge is 2.20. The fourth-order valence-corrected chi connectivity index (χ4v) is 1.87. The highest BCUT2D eigenvalue weighted by atomic mass is 127. The van der Waals surface area contributed by atoms with Gasteiger partial charge in [-0.15, -0.1) is 0 Å². The normalized spacial score (nSPS) is 10.6. The lowest BCUT2D eigenvalue weighted by Crippen LogP contribution is -2.10. The molecule has 0 saturated carbocycles. The molecule has 1 rings (SSSR count). The molecule has 0 bridgehead atoms. The minimum absolute atomic E-state index is 0.155. The Balaban J connectivity index is 3.20. The van der Waals surface area contributed by atoms with E-state index in [1.165, 1.54) is 7.11 Å². The minimum atomic E-state index is -2.64. The van der Waals surface area contributed by atoms with Crippen molar-refractivity contribution in [3.63, 3.8) is 0 Å². The maximum absolute atomic E-state index is 12.7. The summed E-state index contributed by atoms with van der Waals surface area (Å²) < 4.78 is 30.5. The molecule has 0 radical (unpaired) electrons. The summed E-state index contributed by atoms with van der Waals surface area (Å²) in [7, 11) is 1.23. The number of ether oxygens (including phenoxy) is 1. The van der Waals surface area contributed by atoms with Gasteiger partial charge in [0.1, 0.15) is 0 Å². The summed E-state index contributed by atoms with van der Waals surface area (Å²) in [5.74, 6) is -0.537. The lowest BCUT2D eigenvalue weighted by atomic mass is 10.1. The van der Waals surface area contributed by atoms with Crippen LogP contribution in [0.5, 0.6) is 0 Å². The first kappa shape index (κ1) is 13.3. The van der Waals surface area contributed by atoms with E-state index in [1.54, 1.807) is 6.92 Å². The zero-order valence-corrected chi connectivity index (χ0v) is 10.9. The molecule has 0 amide bonds. The van der Waals surface area contributed by atoms with Gasteiger partial charge in [-0.25, -0.2) is 8.78 Å². The van der Waals surface area contributed by atoms with Gasteiger partial charge >= 0.3 is 5.97 Å². The van der Waals surface area contributed by atoms with Gasteiger partial charge in [0, 0.05) is 15.3 Å². The number of methoxy groups -OCH3 is 1. The predicted octanol–water partition coefficient (Wildman–Crippen LogP) is 2.65. The molecule has 0 aromatic carbocycles. The molecule has 1 aromatic heterocycles. The van der Waals surface area contributed by atoms with Crippen LogP contribution in [0.1, 0.15) is 23.2 Å². The second-order valence-electron chi connectivity index (χ2n) is 3.15. The van der Waals surface area contributed by atoms with Crippen LogP contribution in [0.25, 0.3) is 0 Å². The Bertz CT molecular complexity index is 410. The van der Waals surface area contributed by atoms with Crippen molar-refractivity contribution in [2.45, 2.75) is 19.8 Å². The van der Waals surface area contributed by atoms with Crippen molar-refractivity contribution in [1.29, 1.82) is 0 Å². The van der Waals surface area contributed by atoms with E-state index in [2.05, 4.69) is 9.72 Å². The largest absolute Gasteiger partial charge is 0.469 e. The Morgan fingerprint density at radius 3 is 2.75 bits per heavy atom. The van der Waals surface area contributed by atoms with Crippen molar-refractivity contribution in [2.24, 2.45) is 0 Å². The Hall–Kier alpha value is -0.790. The van der Waals surface area contributed by atoms with Gasteiger partial charge in [-0.05, 0) is 35.1 Å². The van der Waals surface area contributed by atoms with E-state index < -0.39 is 12.4 Å². The van der Waals surface area contributed by atoms with Crippen LogP contribution in [0.4, 0.5) is 8.78 Å². The van der Waals surface area contributed by atoms with E-state index in [0.29, 0.717) is 14.8 Å². The highest BCUT2D eigenvalue weighted by Crippen LogP contribution is 2.27. The van der Waals surface area contributed by atoms with Gasteiger partial charge < -0.3 is 4.74 Å². The smallest absolute Gasteiger partial charge is 0.310 e. The van der Waals surface area contributed by atoms with Gasteiger partial charge in [0.15, 0.2) is 0 Å². The Morgan fingerprint density at radius 1 is 1.62 bits per heavy atom. The number of aromatic nitrogens is 1. The number of aryl methyl sites for hydroxylation is 1. The number of hydrogen-bond donors (Lipinski definition) is 0. The monoisotopic (exact) mass is 341 g/mol. The first-order valence-corrected chi connectivity index (χ1v) is 5.54. The molecule has 0 aliphatic heterocycles. The van der Waals surface area contributed by atoms with E-state index in [1.807, 2.05) is 22.6 Å². The third kappa shape index (κ3) is 2.87. The third-order valence-corrected chi connectivity index (χ3v) is 3.54. The fraction of sp³-hybridized carbons (Fsp3) is 0.400. The summed E-state index contributed by atoms with van der Waals surface area (Å²) >= 11 is 1.91. The summed E-state index contributed by atoms with van der Waals surface area (Å²) in [5, 5.41) is 0.